The summed E-state index contributed by atoms with van der Waals surface area (Å²) in [6, 6.07) is 19.3. The number of likely N-dealkylation sites (tertiary alicyclic amines) is 1. The summed E-state index contributed by atoms with van der Waals surface area (Å²) in [5.41, 5.74) is 2.11. The summed E-state index contributed by atoms with van der Waals surface area (Å²) in [5, 5.41) is 3.95. The Morgan fingerprint density at radius 3 is 2.50 bits per heavy atom. The summed E-state index contributed by atoms with van der Waals surface area (Å²) in [5.74, 6) is 0.732. The summed E-state index contributed by atoms with van der Waals surface area (Å²) in [4.78, 5) is 17.9. The zero-order valence-electron chi connectivity index (χ0n) is 17.4. The molecule has 2 atom stereocenters. The normalized spacial score (nSPS) is 26.7. The number of carbonyl (C=O) groups excluding carboxylic acids is 1. The molecule has 158 valence electrons. The molecule has 30 heavy (non-hydrogen) atoms. The highest BCUT2D eigenvalue weighted by atomic mass is 35.5. The van der Waals surface area contributed by atoms with Crippen LogP contribution in [0.5, 0.6) is 0 Å². The second kappa shape index (κ2) is 8.24. The number of rotatable bonds is 3. The van der Waals surface area contributed by atoms with Crippen LogP contribution in [0.3, 0.4) is 0 Å². The second-order valence-corrected chi connectivity index (χ2v) is 9.44. The first-order chi connectivity index (χ1) is 14.7. The molecule has 1 amide bonds. The SMILES string of the molecule is O=C1NCN(c2ccccc2)C12CCN(C1CCCCC1c1cccc(Cl)c1)CC2. The number of hydrogen-bond donors (Lipinski definition) is 1. The van der Waals surface area contributed by atoms with E-state index in [2.05, 4.69) is 57.6 Å². The molecular formula is C25H30ClN3O. The van der Waals surface area contributed by atoms with Crippen LogP contribution in [0.2, 0.25) is 5.02 Å². The number of hydrogen-bond acceptors (Lipinski definition) is 3. The first-order valence-corrected chi connectivity index (χ1v) is 11.7. The fraction of sp³-hybridized carbons (Fsp3) is 0.480. The molecule has 2 aliphatic heterocycles. The first kappa shape index (κ1) is 19.9. The number of benzene rings is 2. The minimum Gasteiger partial charge on any atom is -0.339 e. The topological polar surface area (TPSA) is 35.6 Å². The van der Waals surface area contributed by atoms with Gasteiger partial charge in [0.25, 0.3) is 0 Å². The van der Waals surface area contributed by atoms with Crippen molar-refractivity contribution in [3.8, 4) is 0 Å². The largest absolute Gasteiger partial charge is 0.339 e. The minimum absolute atomic E-state index is 0.195. The summed E-state index contributed by atoms with van der Waals surface area (Å²) in [6.45, 7) is 2.55. The van der Waals surface area contributed by atoms with Gasteiger partial charge in [-0.1, -0.05) is 54.8 Å². The van der Waals surface area contributed by atoms with Gasteiger partial charge < -0.3 is 10.2 Å². The van der Waals surface area contributed by atoms with Gasteiger partial charge in [0.2, 0.25) is 5.91 Å². The number of nitrogens with zero attached hydrogens (tertiary/aromatic N) is 2. The Morgan fingerprint density at radius 1 is 0.967 bits per heavy atom. The lowest BCUT2D eigenvalue weighted by atomic mass is 9.77. The summed E-state index contributed by atoms with van der Waals surface area (Å²) < 4.78 is 0. The molecule has 2 heterocycles. The van der Waals surface area contributed by atoms with Crippen LogP contribution in [-0.4, -0.2) is 42.1 Å². The van der Waals surface area contributed by atoms with Crippen LogP contribution in [0.25, 0.3) is 0 Å². The Hall–Kier alpha value is -2.04. The molecule has 5 rings (SSSR count). The van der Waals surface area contributed by atoms with Gasteiger partial charge >= 0.3 is 0 Å². The zero-order valence-corrected chi connectivity index (χ0v) is 18.2. The van der Waals surface area contributed by atoms with Crippen molar-refractivity contribution in [2.75, 3.05) is 24.7 Å². The highest BCUT2D eigenvalue weighted by molar-refractivity contribution is 6.30. The summed E-state index contributed by atoms with van der Waals surface area (Å²) in [7, 11) is 0. The van der Waals surface area contributed by atoms with Crippen molar-refractivity contribution < 1.29 is 4.79 Å². The molecule has 2 unspecified atom stereocenters. The van der Waals surface area contributed by atoms with E-state index in [9.17, 15) is 4.79 Å². The lowest BCUT2D eigenvalue weighted by Crippen LogP contribution is -2.58. The van der Waals surface area contributed by atoms with Gasteiger partial charge in [-0.25, -0.2) is 0 Å². The average Bonchev–Trinajstić information content (AvgIpc) is 3.10. The van der Waals surface area contributed by atoms with E-state index in [1.807, 2.05) is 12.1 Å². The van der Waals surface area contributed by atoms with Crippen molar-refractivity contribution in [2.24, 2.45) is 0 Å². The predicted molar refractivity (Wildman–Crippen MR) is 122 cm³/mol. The maximum atomic E-state index is 13.0. The predicted octanol–water partition coefficient (Wildman–Crippen LogP) is 4.79. The third kappa shape index (κ3) is 3.50. The molecule has 4 nitrogen and oxygen atoms in total. The quantitative estimate of drug-likeness (QED) is 0.770. The Kier molecular flexibility index (Phi) is 5.46. The van der Waals surface area contributed by atoms with Crippen molar-refractivity contribution in [3.63, 3.8) is 0 Å². The molecule has 2 aromatic carbocycles. The Morgan fingerprint density at radius 2 is 1.73 bits per heavy atom. The number of para-hydroxylation sites is 1. The smallest absolute Gasteiger partial charge is 0.247 e. The van der Waals surface area contributed by atoms with Crippen LogP contribution >= 0.6 is 11.6 Å². The van der Waals surface area contributed by atoms with Crippen LogP contribution in [0, 0.1) is 0 Å². The van der Waals surface area contributed by atoms with E-state index in [-0.39, 0.29) is 5.91 Å². The first-order valence-electron chi connectivity index (χ1n) is 11.3. The van der Waals surface area contributed by atoms with Gasteiger partial charge in [-0.15, -0.1) is 0 Å². The molecule has 1 spiro atoms. The van der Waals surface area contributed by atoms with E-state index in [1.165, 1.54) is 31.2 Å². The molecular weight excluding hydrogens is 394 g/mol. The molecule has 2 aromatic rings. The summed E-state index contributed by atoms with van der Waals surface area (Å²) in [6.07, 6.45) is 6.80. The maximum Gasteiger partial charge on any atom is 0.247 e. The number of anilines is 1. The maximum absolute atomic E-state index is 13.0. The molecule has 1 N–H and O–H groups in total. The van der Waals surface area contributed by atoms with E-state index in [1.54, 1.807) is 0 Å². The average molecular weight is 424 g/mol. The fourth-order valence-electron chi connectivity index (χ4n) is 5.93. The zero-order chi connectivity index (χ0) is 20.6. The van der Waals surface area contributed by atoms with Crippen LogP contribution in [0.1, 0.15) is 50.0 Å². The number of nitrogens with one attached hydrogen (secondary N) is 1. The number of amides is 1. The van der Waals surface area contributed by atoms with Crippen molar-refractivity contribution >= 4 is 23.2 Å². The van der Waals surface area contributed by atoms with Crippen LogP contribution in [0.4, 0.5) is 5.69 Å². The van der Waals surface area contributed by atoms with Crippen molar-refractivity contribution in [3.05, 3.63) is 65.2 Å². The van der Waals surface area contributed by atoms with E-state index in [0.29, 0.717) is 18.6 Å². The Balaban J connectivity index is 1.35. The molecule has 1 saturated carbocycles. The number of piperidine rings is 1. The molecule has 0 bridgehead atoms. The van der Waals surface area contributed by atoms with E-state index < -0.39 is 5.54 Å². The van der Waals surface area contributed by atoms with Crippen LogP contribution < -0.4 is 10.2 Å². The Bertz CT molecular complexity index is 894. The second-order valence-electron chi connectivity index (χ2n) is 9.01. The fourth-order valence-corrected chi connectivity index (χ4v) is 6.13. The van der Waals surface area contributed by atoms with Gasteiger partial charge in [-0.3, -0.25) is 9.69 Å². The van der Waals surface area contributed by atoms with Gasteiger partial charge in [-0.2, -0.15) is 0 Å². The third-order valence-corrected chi connectivity index (χ3v) is 7.74. The highest BCUT2D eigenvalue weighted by Gasteiger charge is 2.51. The summed E-state index contributed by atoms with van der Waals surface area (Å²) >= 11 is 6.31. The standard InChI is InChI=1S/C25H30ClN3O/c26-20-8-6-7-19(17-20)22-11-4-5-12-23(22)28-15-13-25(14-16-28)24(30)27-18-29(25)21-9-2-1-3-10-21/h1-3,6-10,17,22-23H,4-5,11-16,18H2,(H,27,30). The molecule has 1 aliphatic carbocycles. The Labute approximate surface area is 184 Å². The molecule has 2 saturated heterocycles. The van der Waals surface area contributed by atoms with Gasteiger partial charge in [-0.05, 0) is 61.4 Å². The molecule has 0 radical (unpaired) electrons. The van der Waals surface area contributed by atoms with E-state index >= 15 is 0 Å². The number of halogens is 1. The van der Waals surface area contributed by atoms with Gasteiger partial charge in [0.05, 0.1) is 6.67 Å². The van der Waals surface area contributed by atoms with Gasteiger partial charge in [0.15, 0.2) is 0 Å². The molecule has 3 aliphatic rings. The third-order valence-electron chi connectivity index (χ3n) is 7.51. The van der Waals surface area contributed by atoms with E-state index in [0.717, 1.165) is 36.6 Å². The highest BCUT2D eigenvalue weighted by Crippen LogP contribution is 2.41. The van der Waals surface area contributed by atoms with Crippen molar-refractivity contribution in [1.82, 2.24) is 10.2 Å². The van der Waals surface area contributed by atoms with E-state index in [4.69, 9.17) is 11.6 Å². The lowest BCUT2D eigenvalue weighted by Gasteiger charge is -2.48. The molecule has 3 fully saturated rings. The minimum atomic E-state index is -0.405. The monoisotopic (exact) mass is 423 g/mol. The number of carbonyl (C=O) groups is 1. The molecule has 5 heteroatoms. The lowest BCUT2D eigenvalue weighted by molar-refractivity contribution is -0.125. The van der Waals surface area contributed by atoms with Gasteiger partial charge in [0.1, 0.15) is 5.54 Å². The van der Waals surface area contributed by atoms with Crippen LogP contribution in [0.15, 0.2) is 54.6 Å². The van der Waals surface area contributed by atoms with Crippen LogP contribution in [-0.2, 0) is 4.79 Å². The van der Waals surface area contributed by atoms with Crippen molar-refractivity contribution in [2.45, 2.75) is 56.0 Å². The van der Waals surface area contributed by atoms with Gasteiger partial charge in [0, 0.05) is 29.8 Å². The van der Waals surface area contributed by atoms with Crippen molar-refractivity contribution in [1.29, 1.82) is 0 Å². The molecule has 0 aromatic heterocycles.